The highest BCUT2D eigenvalue weighted by atomic mass is 35.5. The molecule has 0 bridgehead atoms. The lowest BCUT2D eigenvalue weighted by atomic mass is 10.2. The molecule has 1 heterocycles. The van der Waals surface area contributed by atoms with E-state index in [1.807, 2.05) is 0 Å². The molecule has 0 aliphatic rings. The van der Waals surface area contributed by atoms with Crippen molar-refractivity contribution in [1.82, 2.24) is 4.98 Å². The number of rotatable bonds is 2. The molecule has 0 amide bonds. The van der Waals surface area contributed by atoms with Gasteiger partial charge in [0.2, 0.25) is 0 Å². The number of hydrogen-bond acceptors (Lipinski definition) is 3. The van der Waals surface area contributed by atoms with Crippen LogP contribution in [0.25, 0.3) is 0 Å². The predicted molar refractivity (Wildman–Crippen MR) is 65.2 cm³/mol. The molecule has 0 unspecified atom stereocenters. The van der Waals surface area contributed by atoms with E-state index in [2.05, 4.69) is 4.98 Å². The van der Waals surface area contributed by atoms with Gasteiger partial charge < -0.3 is 4.74 Å². The van der Waals surface area contributed by atoms with Gasteiger partial charge in [-0.1, -0.05) is 17.7 Å². The van der Waals surface area contributed by atoms with Crippen molar-refractivity contribution in [2.24, 2.45) is 0 Å². The number of halogens is 2. The zero-order valence-electron chi connectivity index (χ0n) is 9.45. The minimum Gasteiger partial charge on any atom is -0.455 e. The van der Waals surface area contributed by atoms with Crippen molar-refractivity contribution in [3.05, 3.63) is 52.6 Å². The molecule has 2 rings (SSSR count). The van der Waals surface area contributed by atoms with E-state index in [0.717, 1.165) is 5.56 Å². The van der Waals surface area contributed by atoms with E-state index >= 15 is 0 Å². The molecule has 0 aliphatic heterocycles. The van der Waals surface area contributed by atoms with Crippen LogP contribution < -0.4 is 4.74 Å². The van der Waals surface area contributed by atoms with Crippen LogP contribution >= 0.6 is 11.6 Å². The number of ether oxygens (including phenoxy) is 1. The zero-order valence-corrected chi connectivity index (χ0v) is 10.2. The van der Waals surface area contributed by atoms with Crippen molar-refractivity contribution < 1.29 is 9.13 Å². The fourth-order valence-corrected chi connectivity index (χ4v) is 1.56. The van der Waals surface area contributed by atoms with Crippen molar-refractivity contribution in [3.8, 4) is 17.6 Å². The molecule has 0 radical (unpaired) electrons. The molecule has 5 heteroatoms. The summed E-state index contributed by atoms with van der Waals surface area (Å²) in [4.78, 5) is 3.89. The quantitative estimate of drug-likeness (QED) is 0.773. The standard InChI is InChI=1S/C13H8ClFN2O/c1-8-7-17-13(14)5-12(8)18-11-4-2-3-10(15)9(11)6-16/h2-5,7H,1H3. The first-order chi connectivity index (χ1) is 8.61. The largest absolute Gasteiger partial charge is 0.455 e. The minimum absolute atomic E-state index is 0.134. The Morgan fingerprint density at radius 3 is 2.89 bits per heavy atom. The summed E-state index contributed by atoms with van der Waals surface area (Å²) in [5, 5.41) is 9.16. The Morgan fingerprint density at radius 1 is 1.39 bits per heavy atom. The molecule has 0 N–H and O–H groups in total. The molecule has 90 valence electrons. The average Bonchev–Trinajstić information content (AvgIpc) is 2.34. The second kappa shape index (κ2) is 5.03. The van der Waals surface area contributed by atoms with Gasteiger partial charge in [0, 0.05) is 17.8 Å². The molecule has 0 saturated carbocycles. The molecule has 2 aromatic rings. The van der Waals surface area contributed by atoms with Gasteiger partial charge in [-0.2, -0.15) is 5.26 Å². The van der Waals surface area contributed by atoms with Crippen LogP contribution in [0.3, 0.4) is 0 Å². The number of nitriles is 1. The smallest absolute Gasteiger partial charge is 0.148 e. The van der Waals surface area contributed by atoms with Gasteiger partial charge in [0.1, 0.15) is 34.1 Å². The Bertz CT molecular complexity index is 637. The van der Waals surface area contributed by atoms with Gasteiger partial charge in [0.15, 0.2) is 0 Å². The molecular weight excluding hydrogens is 255 g/mol. The van der Waals surface area contributed by atoms with Crippen LogP contribution in [-0.2, 0) is 0 Å². The van der Waals surface area contributed by atoms with E-state index in [1.54, 1.807) is 19.2 Å². The fraction of sp³-hybridized carbons (Fsp3) is 0.0769. The number of aromatic nitrogens is 1. The van der Waals surface area contributed by atoms with Crippen LogP contribution in [0.15, 0.2) is 30.5 Å². The number of pyridine rings is 1. The topological polar surface area (TPSA) is 45.9 Å². The second-order valence-electron chi connectivity index (χ2n) is 3.60. The summed E-state index contributed by atoms with van der Waals surface area (Å²) in [6.07, 6.45) is 1.54. The third-order valence-corrected chi connectivity index (χ3v) is 2.53. The highest BCUT2D eigenvalue weighted by Crippen LogP contribution is 2.29. The van der Waals surface area contributed by atoms with Gasteiger partial charge in [-0.3, -0.25) is 0 Å². The normalized spacial score (nSPS) is 9.89. The fourth-order valence-electron chi connectivity index (χ4n) is 1.41. The summed E-state index contributed by atoms with van der Waals surface area (Å²) in [5.74, 6) is -0.0206. The van der Waals surface area contributed by atoms with Crippen molar-refractivity contribution in [2.45, 2.75) is 6.92 Å². The lowest BCUT2D eigenvalue weighted by Gasteiger charge is -2.10. The summed E-state index contributed by atoms with van der Waals surface area (Å²) in [7, 11) is 0. The van der Waals surface area contributed by atoms with Crippen molar-refractivity contribution in [2.75, 3.05) is 0 Å². The van der Waals surface area contributed by atoms with Crippen molar-refractivity contribution >= 4 is 11.6 Å². The van der Waals surface area contributed by atoms with E-state index in [1.165, 1.54) is 24.3 Å². The van der Waals surface area contributed by atoms with E-state index in [-0.39, 0.29) is 16.5 Å². The number of benzene rings is 1. The molecule has 0 saturated heterocycles. The Morgan fingerprint density at radius 2 is 2.17 bits per heavy atom. The first-order valence-corrected chi connectivity index (χ1v) is 5.48. The first kappa shape index (κ1) is 12.3. The van der Waals surface area contributed by atoms with Crippen molar-refractivity contribution in [3.63, 3.8) is 0 Å². The Labute approximate surface area is 108 Å². The number of nitrogens with zero attached hydrogens (tertiary/aromatic N) is 2. The predicted octanol–water partition coefficient (Wildman–Crippen LogP) is 3.85. The lowest BCUT2D eigenvalue weighted by Crippen LogP contribution is -1.94. The Balaban J connectivity index is 2.44. The van der Waals surface area contributed by atoms with Gasteiger partial charge in [0.05, 0.1) is 0 Å². The molecular formula is C13H8ClFN2O. The van der Waals surface area contributed by atoms with Gasteiger partial charge in [0.25, 0.3) is 0 Å². The first-order valence-electron chi connectivity index (χ1n) is 5.10. The van der Waals surface area contributed by atoms with E-state index < -0.39 is 5.82 Å². The molecule has 1 aromatic heterocycles. The number of hydrogen-bond donors (Lipinski definition) is 0. The molecule has 0 fully saturated rings. The molecule has 0 aliphatic carbocycles. The SMILES string of the molecule is Cc1cnc(Cl)cc1Oc1cccc(F)c1C#N. The maximum absolute atomic E-state index is 13.4. The maximum atomic E-state index is 13.4. The van der Waals surface area contributed by atoms with Crippen LogP contribution in [0.5, 0.6) is 11.5 Å². The van der Waals surface area contributed by atoms with Gasteiger partial charge in [-0.15, -0.1) is 0 Å². The third kappa shape index (κ3) is 2.41. The average molecular weight is 263 g/mol. The van der Waals surface area contributed by atoms with Crippen molar-refractivity contribution in [1.29, 1.82) is 5.26 Å². The maximum Gasteiger partial charge on any atom is 0.148 e. The van der Waals surface area contributed by atoms with Crippen LogP contribution in [0.4, 0.5) is 4.39 Å². The summed E-state index contributed by atoms with van der Waals surface area (Å²) in [6.45, 7) is 1.78. The molecule has 3 nitrogen and oxygen atoms in total. The summed E-state index contributed by atoms with van der Waals surface area (Å²) >= 11 is 5.76. The summed E-state index contributed by atoms with van der Waals surface area (Å²) < 4.78 is 18.9. The number of aryl methyl sites for hydroxylation is 1. The zero-order chi connectivity index (χ0) is 13.1. The van der Waals surface area contributed by atoms with Crippen LogP contribution in [-0.4, -0.2) is 4.98 Å². The van der Waals surface area contributed by atoms with Crippen LogP contribution in [0.2, 0.25) is 5.15 Å². The third-order valence-electron chi connectivity index (χ3n) is 2.33. The van der Waals surface area contributed by atoms with Gasteiger partial charge in [-0.25, -0.2) is 9.37 Å². The minimum atomic E-state index is -0.618. The van der Waals surface area contributed by atoms with E-state index in [9.17, 15) is 4.39 Å². The van der Waals surface area contributed by atoms with Gasteiger partial charge in [-0.05, 0) is 19.1 Å². The molecule has 1 aromatic carbocycles. The van der Waals surface area contributed by atoms with Crippen LogP contribution in [0.1, 0.15) is 11.1 Å². The summed E-state index contributed by atoms with van der Waals surface area (Å²) in [5.41, 5.74) is 0.609. The highest BCUT2D eigenvalue weighted by Gasteiger charge is 2.11. The molecule has 0 atom stereocenters. The van der Waals surface area contributed by atoms with E-state index in [4.69, 9.17) is 21.6 Å². The summed E-state index contributed by atoms with van der Waals surface area (Å²) in [6, 6.07) is 7.49. The van der Waals surface area contributed by atoms with Crippen LogP contribution in [0, 0.1) is 24.1 Å². The highest BCUT2D eigenvalue weighted by molar-refractivity contribution is 6.29. The lowest BCUT2D eigenvalue weighted by molar-refractivity contribution is 0.470. The second-order valence-corrected chi connectivity index (χ2v) is 3.99. The molecule has 0 spiro atoms. The Hall–Kier alpha value is -2.12. The Kier molecular flexibility index (Phi) is 3.45. The van der Waals surface area contributed by atoms with E-state index in [0.29, 0.717) is 5.75 Å². The molecule has 18 heavy (non-hydrogen) atoms. The monoisotopic (exact) mass is 262 g/mol. The van der Waals surface area contributed by atoms with Gasteiger partial charge >= 0.3 is 0 Å².